The van der Waals surface area contributed by atoms with Gasteiger partial charge in [0.25, 0.3) is 6.43 Å². The number of nitrogens with zero attached hydrogens (tertiary/aromatic N) is 5. The smallest absolute Gasteiger partial charge is 0.414 e. The van der Waals surface area contributed by atoms with Gasteiger partial charge >= 0.3 is 23.6 Å². The highest BCUT2D eigenvalue weighted by molar-refractivity contribution is 5.90. The standard InChI is InChI=1S/C25H23F4N5O5.CO2/c26-18-12-16(31-14-17(39-25(31)38)6-7-20(35)22(28)29)13-19(27)21(18)30-8-10-32-23(36)34(15-4-2-1-3-5-15)24(37)33(32)11-9-30;2-1-3/h1-5,12-13,17,22H,6-11,14H2;/t17-;/m0./s1. The van der Waals surface area contributed by atoms with Crippen molar-refractivity contribution in [1.82, 2.24) is 13.9 Å². The number of ether oxygens (including phenoxy) is 1. The first-order valence-electron chi connectivity index (χ1n) is 12.6. The summed E-state index contributed by atoms with van der Waals surface area (Å²) in [7, 11) is 0. The number of carbonyl (C=O) groups excluding carboxylic acids is 4. The van der Waals surface area contributed by atoms with Crippen LogP contribution >= 0.6 is 0 Å². The number of anilines is 2. The topological polar surface area (TPSA) is 133 Å². The molecule has 1 amide bonds. The number of halogens is 4. The van der Waals surface area contributed by atoms with Crippen LogP contribution in [0.4, 0.5) is 33.7 Å². The maximum Gasteiger partial charge on any atom is 0.414 e. The number of Topliss-reactive ketones (excluding diaryl/α,β-unsaturated/α-hetero) is 1. The molecule has 42 heavy (non-hydrogen) atoms. The summed E-state index contributed by atoms with van der Waals surface area (Å²) in [5, 5.41) is 0. The predicted molar refractivity (Wildman–Crippen MR) is 136 cm³/mol. The van der Waals surface area contributed by atoms with E-state index in [0.29, 0.717) is 5.69 Å². The Morgan fingerprint density at radius 3 is 1.98 bits per heavy atom. The van der Waals surface area contributed by atoms with Crippen molar-refractivity contribution in [3.8, 4) is 5.69 Å². The molecule has 12 nitrogen and oxygen atoms in total. The van der Waals surface area contributed by atoms with Gasteiger partial charge < -0.3 is 9.64 Å². The van der Waals surface area contributed by atoms with E-state index in [9.17, 15) is 28.0 Å². The minimum atomic E-state index is -3.12. The molecule has 0 bridgehead atoms. The highest BCUT2D eigenvalue weighted by Crippen LogP contribution is 2.32. The van der Waals surface area contributed by atoms with Gasteiger partial charge in [0, 0.05) is 31.6 Å². The van der Waals surface area contributed by atoms with Crippen LogP contribution in [0.1, 0.15) is 12.8 Å². The minimum absolute atomic E-state index is 0.00793. The molecular formula is C26H23F4N5O7. The van der Waals surface area contributed by atoms with Crippen LogP contribution in [-0.4, -0.2) is 64.1 Å². The maximum absolute atomic E-state index is 15.2. The fourth-order valence-electron chi connectivity index (χ4n) is 4.82. The summed E-state index contributed by atoms with van der Waals surface area (Å²) >= 11 is 0. The Morgan fingerprint density at radius 2 is 1.45 bits per heavy atom. The van der Waals surface area contributed by atoms with Gasteiger partial charge in [0.15, 0.2) is 17.4 Å². The molecule has 2 aromatic carbocycles. The Bertz CT molecular complexity index is 1570. The van der Waals surface area contributed by atoms with Crippen LogP contribution in [0.3, 0.4) is 0 Å². The number of amides is 1. The lowest BCUT2D eigenvalue weighted by molar-refractivity contribution is -0.191. The molecule has 3 aromatic rings. The number of hydrogen-bond donors (Lipinski definition) is 0. The van der Waals surface area contributed by atoms with E-state index in [0.717, 1.165) is 21.6 Å². The Balaban J connectivity index is 0.00000129. The molecule has 0 aliphatic carbocycles. The quantitative estimate of drug-likeness (QED) is 0.380. The Kier molecular flexibility index (Phi) is 9.06. The van der Waals surface area contributed by atoms with Crippen molar-refractivity contribution in [3.63, 3.8) is 0 Å². The Morgan fingerprint density at radius 1 is 0.905 bits per heavy atom. The van der Waals surface area contributed by atoms with E-state index in [1.807, 2.05) is 0 Å². The summed E-state index contributed by atoms with van der Waals surface area (Å²) in [4.78, 5) is 67.9. The molecule has 5 rings (SSSR count). The van der Waals surface area contributed by atoms with Gasteiger partial charge in [-0.2, -0.15) is 9.59 Å². The average Bonchev–Trinajstić information content (AvgIpc) is 3.33. The van der Waals surface area contributed by atoms with E-state index in [-0.39, 0.29) is 56.7 Å². The van der Waals surface area contributed by atoms with Crippen LogP contribution in [0.25, 0.3) is 5.69 Å². The number of alkyl halides is 2. The Hall–Kier alpha value is -4.98. The summed E-state index contributed by atoms with van der Waals surface area (Å²) in [5.74, 6) is -3.24. The van der Waals surface area contributed by atoms with Gasteiger partial charge in [0.05, 0.1) is 31.0 Å². The highest BCUT2D eigenvalue weighted by atomic mass is 19.3. The van der Waals surface area contributed by atoms with Crippen molar-refractivity contribution >= 4 is 29.4 Å². The number of cyclic esters (lactones) is 1. The van der Waals surface area contributed by atoms with Crippen molar-refractivity contribution < 1.29 is 41.5 Å². The third-order valence-corrected chi connectivity index (χ3v) is 6.75. The van der Waals surface area contributed by atoms with Crippen LogP contribution in [0.15, 0.2) is 52.1 Å². The Labute approximate surface area is 233 Å². The second-order valence-corrected chi connectivity index (χ2v) is 9.23. The first kappa shape index (κ1) is 30.0. The molecule has 1 aromatic heterocycles. The summed E-state index contributed by atoms with van der Waals surface area (Å²) in [6.45, 7) is -0.129. The molecule has 1 saturated heterocycles. The number of benzene rings is 2. The zero-order chi connectivity index (χ0) is 30.6. The fourth-order valence-corrected chi connectivity index (χ4v) is 4.82. The second kappa shape index (κ2) is 12.7. The van der Waals surface area contributed by atoms with Crippen LogP contribution in [0.2, 0.25) is 0 Å². The van der Waals surface area contributed by atoms with Crippen molar-refractivity contribution in [3.05, 3.63) is 75.1 Å². The molecule has 1 atom stereocenters. The predicted octanol–water partition coefficient (Wildman–Crippen LogP) is 1.96. The van der Waals surface area contributed by atoms with E-state index in [1.54, 1.807) is 30.3 Å². The SMILES string of the molecule is O=C(CC[C@H]1CN(c2cc(F)c(N3CCn4c(=O)n(-c5ccccc5)c(=O)n4CC3)c(F)c2)C(=O)O1)C(F)F.O=C=O. The van der Waals surface area contributed by atoms with Crippen LogP contribution in [0.5, 0.6) is 0 Å². The van der Waals surface area contributed by atoms with Crippen LogP contribution in [-0.2, 0) is 32.2 Å². The molecule has 222 valence electrons. The van der Waals surface area contributed by atoms with E-state index in [4.69, 9.17) is 14.3 Å². The summed E-state index contributed by atoms with van der Waals surface area (Å²) in [6, 6.07) is 10.3. The number of carbonyl (C=O) groups is 2. The van der Waals surface area contributed by atoms with Gasteiger partial charge in [-0.25, -0.2) is 45.9 Å². The van der Waals surface area contributed by atoms with E-state index >= 15 is 8.78 Å². The monoisotopic (exact) mass is 593 g/mol. The molecule has 0 N–H and O–H groups in total. The van der Waals surface area contributed by atoms with Gasteiger partial charge in [-0.05, 0) is 18.6 Å². The van der Waals surface area contributed by atoms with Crippen molar-refractivity contribution in [2.24, 2.45) is 0 Å². The maximum atomic E-state index is 15.2. The van der Waals surface area contributed by atoms with Crippen molar-refractivity contribution in [2.75, 3.05) is 29.4 Å². The lowest BCUT2D eigenvalue weighted by Gasteiger charge is -2.24. The number of para-hydroxylation sites is 1. The molecule has 3 heterocycles. The number of hydrogen-bond acceptors (Lipinski definition) is 8. The van der Waals surface area contributed by atoms with E-state index in [2.05, 4.69) is 0 Å². The third kappa shape index (κ3) is 6.02. The molecule has 1 fully saturated rings. The lowest BCUT2D eigenvalue weighted by atomic mass is 10.1. The molecule has 0 saturated carbocycles. The normalized spacial score (nSPS) is 16.3. The lowest BCUT2D eigenvalue weighted by Crippen LogP contribution is -2.33. The highest BCUT2D eigenvalue weighted by Gasteiger charge is 2.34. The molecule has 2 aliphatic rings. The number of fused-ring (bicyclic) bond motifs is 1. The van der Waals surface area contributed by atoms with Gasteiger partial charge in [0.1, 0.15) is 11.8 Å². The largest absolute Gasteiger partial charge is 0.444 e. The molecule has 2 aliphatic heterocycles. The third-order valence-electron chi connectivity index (χ3n) is 6.75. The zero-order valence-corrected chi connectivity index (χ0v) is 21.8. The first-order chi connectivity index (χ1) is 20.1. The van der Waals surface area contributed by atoms with Gasteiger partial charge in [-0.1, -0.05) is 18.2 Å². The van der Waals surface area contributed by atoms with Crippen molar-refractivity contribution in [1.29, 1.82) is 0 Å². The number of ketones is 1. The average molecular weight is 593 g/mol. The van der Waals surface area contributed by atoms with Crippen LogP contribution < -0.4 is 21.2 Å². The van der Waals surface area contributed by atoms with E-state index in [1.165, 1.54) is 14.3 Å². The second-order valence-electron chi connectivity index (χ2n) is 9.23. The van der Waals surface area contributed by atoms with Gasteiger partial charge in [-0.3, -0.25) is 9.69 Å². The fraction of sp³-hybridized carbons (Fsp3) is 0.346. The molecule has 0 radical (unpaired) electrons. The van der Waals surface area contributed by atoms with Crippen LogP contribution in [0, 0.1) is 11.6 Å². The van der Waals surface area contributed by atoms with Gasteiger partial charge in [-0.15, -0.1) is 0 Å². The van der Waals surface area contributed by atoms with E-state index < -0.39 is 53.8 Å². The molecule has 0 spiro atoms. The number of aromatic nitrogens is 3. The minimum Gasteiger partial charge on any atom is -0.444 e. The summed E-state index contributed by atoms with van der Waals surface area (Å²) < 4.78 is 63.8. The van der Waals surface area contributed by atoms with Crippen molar-refractivity contribution in [2.45, 2.75) is 38.5 Å². The molecule has 16 heteroatoms. The molecular weight excluding hydrogens is 570 g/mol. The zero-order valence-electron chi connectivity index (χ0n) is 21.8. The first-order valence-corrected chi connectivity index (χ1v) is 12.6. The van der Waals surface area contributed by atoms with Gasteiger partial charge in [0.2, 0.25) is 0 Å². The molecule has 0 unspecified atom stereocenters. The summed E-state index contributed by atoms with van der Waals surface area (Å²) in [5.41, 5.74) is -1.24. The number of rotatable bonds is 7. The summed E-state index contributed by atoms with van der Waals surface area (Å²) in [6.07, 6.45) is -5.32.